The van der Waals surface area contributed by atoms with Crippen LogP contribution in [-0.2, 0) is 11.2 Å². The largest absolute Gasteiger partial charge is 0.325 e. The van der Waals surface area contributed by atoms with Crippen molar-refractivity contribution < 1.29 is 4.79 Å². The van der Waals surface area contributed by atoms with Crippen molar-refractivity contribution in [1.82, 2.24) is 9.55 Å². The van der Waals surface area contributed by atoms with Gasteiger partial charge in [-0.1, -0.05) is 49.0 Å². The number of thioether (sulfide) groups is 1. The van der Waals surface area contributed by atoms with E-state index in [4.69, 9.17) is 4.98 Å². The number of fused-ring (bicyclic) bond motifs is 1. The summed E-state index contributed by atoms with van der Waals surface area (Å²) in [6.07, 6.45) is 0.949. The fourth-order valence-electron chi connectivity index (χ4n) is 3.56. The summed E-state index contributed by atoms with van der Waals surface area (Å²) in [7, 11) is 0. The molecule has 1 N–H and O–H groups in total. The van der Waals surface area contributed by atoms with Gasteiger partial charge in [0, 0.05) is 5.69 Å². The van der Waals surface area contributed by atoms with E-state index in [9.17, 15) is 9.59 Å². The molecule has 168 valence electrons. The predicted molar refractivity (Wildman–Crippen MR) is 137 cm³/mol. The molecule has 0 aliphatic rings. The van der Waals surface area contributed by atoms with Crippen molar-refractivity contribution in [2.75, 3.05) is 5.32 Å². The highest BCUT2D eigenvalue weighted by molar-refractivity contribution is 8.00. The highest BCUT2D eigenvalue weighted by Crippen LogP contribution is 2.26. The Kier molecular flexibility index (Phi) is 6.65. The van der Waals surface area contributed by atoms with Crippen molar-refractivity contribution in [3.63, 3.8) is 0 Å². The Morgan fingerprint density at radius 1 is 1.03 bits per heavy atom. The summed E-state index contributed by atoms with van der Waals surface area (Å²) in [6, 6.07) is 21.0. The Morgan fingerprint density at radius 2 is 1.76 bits per heavy atom. The smallest absolute Gasteiger partial charge is 0.266 e. The van der Waals surface area contributed by atoms with Crippen LogP contribution < -0.4 is 10.9 Å². The molecule has 6 heteroatoms. The first-order valence-electron chi connectivity index (χ1n) is 11.0. The minimum absolute atomic E-state index is 0.140. The lowest BCUT2D eigenvalue weighted by atomic mass is 10.1. The number of nitrogens with zero attached hydrogens (tertiary/aromatic N) is 2. The van der Waals surface area contributed by atoms with Crippen LogP contribution in [0.4, 0.5) is 5.69 Å². The van der Waals surface area contributed by atoms with Gasteiger partial charge in [0.25, 0.3) is 5.56 Å². The van der Waals surface area contributed by atoms with E-state index >= 15 is 0 Å². The van der Waals surface area contributed by atoms with Crippen LogP contribution in [0.1, 0.15) is 30.5 Å². The standard InChI is InChI=1S/C27H27N3O2S/c1-5-20-11-13-21(14-12-20)28-25(31)19(4)33-27-29-24-9-7-6-8-23(24)26(32)30(27)22-15-10-17(2)18(3)16-22/h6-16,19H,5H2,1-4H3,(H,28,31). The van der Waals surface area contributed by atoms with Crippen LogP contribution >= 0.6 is 11.8 Å². The molecule has 0 fully saturated rings. The van der Waals surface area contributed by atoms with Crippen LogP contribution in [0.2, 0.25) is 0 Å². The summed E-state index contributed by atoms with van der Waals surface area (Å²) in [5.41, 5.74) is 5.42. The van der Waals surface area contributed by atoms with E-state index in [1.165, 1.54) is 17.3 Å². The van der Waals surface area contributed by atoms with E-state index in [2.05, 4.69) is 12.2 Å². The number of aryl methyl sites for hydroxylation is 3. The lowest BCUT2D eigenvalue weighted by molar-refractivity contribution is -0.115. The number of anilines is 1. The second kappa shape index (κ2) is 9.63. The fourth-order valence-corrected chi connectivity index (χ4v) is 4.49. The molecule has 33 heavy (non-hydrogen) atoms. The molecule has 3 aromatic carbocycles. The number of amides is 1. The molecule has 1 aromatic heterocycles. The lowest BCUT2D eigenvalue weighted by Gasteiger charge is -2.17. The number of carbonyl (C=O) groups excluding carboxylic acids is 1. The number of benzene rings is 3. The van der Waals surface area contributed by atoms with Gasteiger partial charge in [0.15, 0.2) is 5.16 Å². The molecule has 1 amide bonds. The van der Waals surface area contributed by atoms with Crippen LogP contribution in [0.5, 0.6) is 0 Å². The molecule has 1 unspecified atom stereocenters. The van der Waals surface area contributed by atoms with E-state index in [-0.39, 0.29) is 11.5 Å². The Bertz CT molecular complexity index is 1380. The van der Waals surface area contributed by atoms with Gasteiger partial charge in [0.1, 0.15) is 0 Å². The van der Waals surface area contributed by atoms with Gasteiger partial charge in [0.2, 0.25) is 5.91 Å². The maximum absolute atomic E-state index is 13.5. The Hall–Kier alpha value is -3.38. The number of carbonyl (C=O) groups is 1. The minimum Gasteiger partial charge on any atom is -0.325 e. The van der Waals surface area contributed by atoms with Crippen LogP contribution in [0.15, 0.2) is 76.7 Å². The highest BCUT2D eigenvalue weighted by atomic mass is 32.2. The minimum atomic E-state index is -0.457. The van der Waals surface area contributed by atoms with E-state index in [1.807, 2.05) is 81.4 Å². The summed E-state index contributed by atoms with van der Waals surface area (Å²) in [4.78, 5) is 31.1. The van der Waals surface area contributed by atoms with Crippen LogP contribution in [-0.4, -0.2) is 20.7 Å². The van der Waals surface area contributed by atoms with E-state index in [1.54, 1.807) is 10.6 Å². The molecule has 4 aromatic rings. The maximum atomic E-state index is 13.5. The molecule has 4 rings (SSSR count). The van der Waals surface area contributed by atoms with Gasteiger partial charge >= 0.3 is 0 Å². The Morgan fingerprint density at radius 3 is 2.45 bits per heavy atom. The van der Waals surface area contributed by atoms with Gasteiger partial charge in [-0.2, -0.15) is 0 Å². The molecule has 1 heterocycles. The summed E-state index contributed by atoms with van der Waals surface area (Å²) < 4.78 is 1.61. The molecule has 0 aliphatic carbocycles. The molecule has 0 saturated heterocycles. The number of aromatic nitrogens is 2. The summed E-state index contributed by atoms with van der Waals surface area (Å²) in [5.74, 6) is -0.140. The zero-order valence-corrected chi connectivity index (χ0v) is 20.1. The second-order valence-corrected chi connectivity index (χ2v) is 9.43. The van der Waals surface area contributed by atoms with Crippen LogP contribution in [0, 0.1) is 13.8 Å². The quantitative estimate of drug-likeness (QED) is 0.299. The first-order valence-corrected chi connectivity index (χ1v) is 11.9. The Balaban J connectivity index is 1.70. The summed E-state index contributed by atoms with van der Waals surface area (Å²) >= 11 is 1.28. The van der Waals surface area contributed by atoms with Crippen LogP contribution in [0.3, 0.4) is 0 Å². The average Bonchev–Trinajstić information content (AvgIpc) is 2.82. The molecule has 0 spiro atoms. The third kappa shape index (κ3) is 4.86. The van der Waals surface area contributed by atoms with Crippen LogP contribution in [0.25, 0.3) is 16.6 Å². The first-order chi connectivity index (χ1) is 15.9. The summed E-state index contributed by atoms with van der Waals surface area (Å²) in [6.45, 7) is 7.98. The summed E-state index contributed by atoms with van der Waals surface area (Å²) in [5, 5.41) is 3.55. The number of hydrogen-bond acceptors (Lipinski definition) is 4. The van der Waals surface area contributed by atoms with E-state index in [0.29, 0.717) is 16.1 Å². The number of nitrogens with one attached hydrogen (secondary N) is 1. The molecule has 0 saturated carbocycles. The van der Waals surface area contributed by atoms with Gasteiger partial charge in [-0.3, -0.25) is 14.2 Å². The number of rotatable bonds is 6. The molecular formula is C27H27N3O2S. The highest BCUT2D eigenvalue weighted by Gasteiger charge is 2.20. The predicted octanol–water partition coefficient (Wildman–Crippen LogP) is 5.68. The van der Waals surface area contributed by atoms with E-state index in [0.717, 1.165) is 28.9 Å². The average molecular weight is 458 g/mol. The number of hydrogen-bond donors (Lipinski definition) is 1. The van der Waals surface area contributed by atoms with Crippen molar-refractivity contribution in [2.45, 2.75) is 44.5 Å². The van der Waals surface area contributed by atoms with Crippen molar-refractivity contribution in [3.05, 3.63) is 93.8 Å². The van der Waals surface area contributed by atoms with Gasteiger partial charge < -0.3 is 5.32 Å². The third-order valence-electron chi connectivity index (χ3n) is 5.77. The molecule has 0 aliphatic heterocycles. The lowest BCUT2D eigenvalue weighted by Crippen LogP contribution is -2.26. The van der Waals surface area contributed by atoms with Gasteiger partial charge in [0.05, 0.1) is 21.8 Å². The van der Waals surface area contributed by atoms with Crippen molar-refractivity contribution in [2.24, 2.45) is 0 Å². The SMILES string of the molecule is CCc1ccc(NC(=O)C(C)Sc2nc3ccccc3c(=O)n2-c2ccc(C)c(C)c2)cc1. The van der Waals surface area contributed by atoms with Gasteiger partial charge in [-0.25, -0.2) is 4.98 Å². The second-order valence-electron chi connectivity index (χ2n) is 8.12. The first kappa shape index (κ1) is 22.8. The molecule has 0 bridgehead atoms. The molecular weight excluding hydrogens is 430 g/mol. The van der Waals surface area contributed by atoms with Crippen molar-refractivity contribution in [1.29, 1.82) is 0 Å². The fraction of sp³-hybridized carbons (Fsp3) is 0.222. The molecule has 5 nitrogen and oxygen atoms in total. The zero-order valence-electron chi connectivity index (χ0n) is 19.3. The third-order valence-corrected chi connectivity index (χ3v) is 6.83. The maximum Gasteiger partial charge on any atom is 0.266 e. The zero-order chi connectivity index (χ0) is 23.5. The van der Waals surface area contributed by atoms with Crippen molar-refractivity contribution in [3.8, 4) is 5.69 Å². The topological polar surface area (TPSA) is 64.0 Å². The van der Waals surface area contributed by atoms with Gasteiger partial charge in [-0.05, 0) is 80.3 Å². The van der Waals surface area contributed by atoms with Crippen molar-refractivity contribution >= 4 is 34.3 Å². The number of para-hydroxylation sites is 1. The Labute approximate surface area is 197 Å². The van der Waals surface area contributed by atoms with Gasteiger partial charge in [-0.15, -0.1) is 0 Å². The normalized spacial score (nSPS) is 12.0. The monoisotopic (exact) mass is 457 g/mol. The molecule has 0 radical (unpaired) electrons. The van der Waals surface area contributed by atoms with E-state index < -0.39 is 5.25 Å². The molecule has 1 atom stereocenters.